The number of benzene rings is 2. The summed E-state index contributed by atoms with van der Waals surface area (Å²) in [5, 5.41) is 7.30. The van der Waals surface area contributed by atoms with Gasteiger partial charge in [0.05, 0.1) is 28.7 Å². The summed E-state index contributed by atoms with van der Waals surface area (Å²) in [4.78, 5) is 21.2. The minimum absolute atomic E-state index is 0.159. The highest BCUT2D eigenvalue weighted by Crippen LogP contribution is 2.24. The number of nitrogens with one attached hydrogen (secondary N) is 2. The molecule has 5 nitrogen and oxygen atoms in total. The third kappa shape index (κ3) is 3.99. The maximum absolute atomic E-state index is 12.5. The third-order valence-corrected chi connectivity index (χ3v) is 4.49. The first-order valence-electron chi connectivity index (χ1n) is 9.08. The van der Waals surface area contributed by atoms with Gasteiger partial charge in [0.1, 0.15) is 0 Å². The number of amides is 1. The molecule has 0 spiro atoms. The van der Waals surface area contributed by atoms with Crippen molar-refractivity contribution < 1.29 is 4.79 Å². The molecule has 2 N–H and O–H groups in total. The summed E-state index contributed by atoms with van der Waals surface area (Å²) in [6, 6.07) is 19.8. The van der Waals surface area contributed by atoms with E-state index in [0.717, 1.165) is 27.8 Å². The van der Waals surface area contributed by atoms with Crippen LogP contribution in [0.4, 0.5) is 11.4 Å². The monoisotopic (exact) mass is 368 g/mol. The van der Waals surface area contributed by atoms with E-state index in [1.165, 1.54) is 5.56 Å². The number of carbonyl (C=O) groups excluding carboxylic acids is 1. The molecule has 0 aliphatic carbocycles. The van der Waals surface area contributed by atoms with Crippen LogP contribution in [0.25, 0.3) is 10.9 Å². The lowest BCUT2D eigenvalue weighted by Gasteiger charge is -2.10. The number of carbonyl (C=O) groups is 1. The van der Waals surface area contributed by atoms with Gasteiger partial charge in [-0.05, 0) is 30.7 Å². The molecule has 5 heteroatoms. The second-order valence-electron chi connectivity index (χ2n) is 6.64. The number of fused-ring (bicyclic) bond motifs is 1. The summed E-state index contributed by atoms with van der Waals surface area (Å²) < 4.78 is 0. The molecule has 4 aromatic rings. The second kappa shape index (κ2) is 7.88. The van der Waals surface area contributed by atoms with Crippen LogP contribution in [-0.2, 0) is 6.54 Å². The fourth-order valence-corrected chi connectivity index (χ4v) is 2.98. The third-order valence-electron chi connectivity index (χ3n) is 4.49. The minimum Gasteiger partial charge on any atom is -0.352 e. The van der Waals surface area contributed by atoms with Gasteiger partial charge in [-0.15, -0.1) is 0 Å². The first kappa shape index (κ1) is 17.7. The van der Waals surface area contributed by atoms with Gasteiger partial charge in [0.15, 0.2) is 0 Å². The van der Waals surface area contributed by atoms with Gasteiger partial charge < -0.3 is 10.6 Å². The van der Waals surface area contributed by atoms with Crippen molar-refractivity contribution in [3.8, 4) is 0 Å². The van der Waals surface area contributed by atoms with Crippen molar-refractivity contribution in [1.29, 1.82) is 0 Å². The number of pyridine rings is 2. The molecular formula is C23H20N4O. The van der Waals surface area contributed by atoms with Gasteiger partial charge in [-0.25, -0.2) is 0 Å². The molecule has 2 aromatic carbocycles. The number of nitrogens with zero attached hydrogens (tertiary/aromatic N) is 2. The van der Waals surface area contributed by atoms with Crippen molar-refractivity contribution in [3.63, 3.8) is 0 Å². The molecule has 0 atom stereocenters. The highest BCUT2D eigenvalue weighted by molar-refractivity contribution is 5.96. The van der Waals surface area contributed by atoms with Crippen LogP contribution >= 0.6 is 0 Å². The maximum Gasteiger partial charge on any atom is 0.253 e. The SMILES string of the molecule is Cc1ccc(CNC(=O)c2cncc(Nc3cccc4cccnc34)c2)cc1. The summed E-state index contributed by atoms with van der Waals surface area (Å²) in [5.41, 5.74) is 5.24. The number of hydrogen-bond acceptors (Lipinski definition) is 4. The van der Waals surface area contributed by atoms with E-state index in [9.17, 15) is 4.79 Å². The number of aryl methyl sites for hydroxylation is 1. The average molecular weight is 368 g/mol. The van der Waals surface area contributed by atoms with E-state index in [1.54, 1.807) is 24.7 Å². The van der Waals surface area contributed by atoms with Gasteiger partial charge in [-0.2, -0.15) is 0 Å². The predicted molar refractivity (Wildman–Crippen MR) is 112 cm³/mol. The van der Waals surface area contributed by atoms with Crippen LogP contribution in [0.3, 0.4) is 0 Å². The standard InChI is InChI=1S/C23H20N4O/c1-16-7-9-17(10-8-16)13-26-23(28)19-12-20(15-24-14-19)27-21-6-2-4-18-5-3-11-25-22(18)21/h2-12,14-15,27H,13H2,1H3,(H,26,28). The zero-order chi connectivity index (χ0) is 19.3. The molecule has 0 saturated heterocycles. The summed E-state index contributed by atoms with van der Waals surface area (Å²) in [6.45, 7) is 2.52. The van der Waals surface area contributed by atoms with E-state index >= 15 is 0 Å². The molecular weight excluding hydrogens is 348 g/mol. The largest absolute Gasteiger partial charge is 0.352 e. The Balaban J connectivity index is 1.49. The number of rotatable bonds is 5. The van der Waals surface area contributed by atoms with E-state index in [-0.39, 0.29) is 5.91 Å². The Morgan fingerprint density at radius 1 is 1.00 bits per heavy atom. The molecule has 0 bridgehead atoms. The first-order valence-corrected chi connectivity index (χ1v) is 9.08. The van der Waals surface area contributed by atoms with Crippen molar-refractivity contribution >= 4 is 28.2 Å². The van der Waals surface area contributed by atoms with Crippen molar-refractivity contribution in [3.05, 3.63) is 95.9 Å². The van der Waals surface area contributed by atoms with E-state index in [4.69, 9.17) is 0 Å². The highest BCUT2D eigenvalue weighted by Gasteiger charge is 2.08. The average Bonchev–Trinajstić information content (AvgIpc) is 2.74. The Labute approximate surface area is 163 Å². The first-order chi connectivity index (χ1) is 13.7. The Kier molecular flexibility index (Phi) is 4.97. The van der Waals surface area contributed by atoms with E-state index in [0.29, 0.717) is 12.1 Å². The van der Waals surface area contributed by atoms with E-state index in [2.05, 4.69) is 20.6 Å². The van der Waals surface area contributed by atoms with Crippen LogP contribution in [0.5, 0.6) is 0 Å². The fraction of sp³-hybridized carbons (Fsp3) is 0.0870. The van der Waals surface area contributed by atoms with Crippen LogP contribution in [0.15, 0.2) is 79.3 Å². The van der Waals surface area contributed by atoms with Gasteiger partial charge in [-0.3, -0.25) is 14.8 Å². The van der Waals surface area contributed by atoms with Crippen LogP contribution in [0.1, 0.15) is 21.5 Å². The molecule has 0 radical (unpaired) electrons. The van der Waals surface area contributed by atoms with Crippen molar-refractivity contribution in [2.45, 2.75) is 13.5 Å². The van der Waals surface area contributed by atoms with Crippen molar-refractivity contribution in [1.82, 2.24) is 15.3 Å². The second-order valence-corrected chi connectivity index (χ2v) is 6.64. The van der Waals surface area contributed by atoms with Gasteiger partial charge in [0.25, 0.3) is 5.91 Å². The molecule has 0 fully saturated rings. The molecule has 2 heterocycles. The van der Waals surface area contributed by atoms with Gasteiger partial charge >= 0.3 is 0 Å². The van der Waals surface area contributed by atoms with Crippen molar-refractivity contribution in [2.24, 2.45) is 0 Å². The Bertz CT molecular complexity index is 1120. The Hall–Kier alpha value is -3.73. The molecule has 1 amide bonds. The number of anilines is 2. The summed E-state index contributed by atoms with van der Waals surface area (Å²) in [6.07, 6.45) is 5.02. The summed E-state index contributed by atoms with van der Waals surface area (Å²) in [5.74, 6) is -0.159. The molecule has 0 aliphatic rings. The fourth-order valence-electron chi connectivity index (χ4n) is 2.98. The number of para-hydroxylation sites is 1. The van der Waals surface area contributed by atoms with Crippen LogP contribution in [0.2, 0.25) is 0 Å². The number of aromatic nitrogens is 2. The molecule has 2 aromatic heterocycles. The van der Waals surface area contributed by atoms with E-state index in [1.807, 2.05) is 61.5 Å². The Morgan fingerprint density at radius 3 is 2.68 bits per heavy atom. The zero-order valence-electron chi connectivity index (χ0n) is 15.5. The highest BCUT2D eigenvalue weighted by atomic mass is 16.1. The van der Waals surface area contributed by atoms with Gasteiger partial charge in [0.2, 0.25) is 0 Å². The lowest BCUT2D eigenvalue weighted by atomic mass is 10.1. The predicted octanol–water partition coefficient (Wildman–Crippen LogP) is 4.61. The van der Waals surface area contributed by atoms with Crippen LogP contribution in [-0.4, -0.2) is 15.9 Å². The maximum atomic E-state index is 12.5. The van der Waals surface area contributed by atoms with Crippen molar-refractivity contribution in [2.75, 3.05) is 5.32 Å². The normalized spacial score (nSPS) is 10.6. The number of hydrogen-bond donors (Lipinski definition) is 2. The molecule has 0 aliphatic heterocycles. The molecule has 138 valence electrons. The smallest absolute Gasteiger partial charge is 0.253 e. The van der Waals surface area contributed by atoms with Gasteiger partial charge in [-0.1, -0.05) is 48.0 Å². The topological polar surface area (TPSA) is 66.9 Å². The molecule has 0 unspecified atom stereocenters. The van der Waals surface area contributed by atoms with Crippen LogP contribution in [0, 0.1) is 6.92 Å². The Morgan fingerprint density at radius 2 is 1.82 bits per heavy atom. The summed E-state index contributed by atoms with van der Waals surface area (Å²) >= 11 is 0. The quantitative estimate of drug-likeness (QED) is 0.540. The lowest BCUT2D eigenvalue weighted by Crippen LogP contribution is -2.23. The van der Waals surface area contributed by atoms with Crippen LogP contribution < -0.4 is 10.6 Å². The molecule has 28 heavy (non-hydrogen) atoms. The molecule has 4 rings (SSSR count). The van der Waals surface area contributed by atoms with Gasteiger partial charge in [0, 0.05) is 24.3 Å². The zero-order valence-corrected chi connectivity index (χ0v) is 15.5. The minimum atomic E-state index is -0.159. The molecule has 0 saturated carbocycles. The lowest BCUT2D eigenvalue weighted by molar-refractivity contribution is 0.0950. The summed E-state index contributed by atoms with van der Waals surface area (Å²) in [7, 11) is 0. The van der Waals surface area contributed by atoms with E-state index < -0.39 is 0 Å².